The Morgan fingerprint density at radius 2 is 1.82 bits per heavy atom. The van der Waals surface area contributed by atoms with Crippen LogP contribution in [0.25, 0.3) is 0 Å². The number of quaternary nitrogens is 1. The van der Waals surface area contributed by atoms with Gasteiger partial charge in [-0.1, -0.05) is 42.5 Å². The van der Waals surface area contributed by atoms with Crippen LogP contribution in [0.2, 0.25) is 0 Å². The van der Waals surface area contributed by atoms with Crippen molar-refractivity contribution >= 4 is 5.91 Å². The normalized spacial score (nSPS) is 11.9. The average molecular weight is 301 g/mol. The van der Waals surface area contributed by atoms with Gasteiger partial charge in [0.05, 0.1) is 7.05 Å². The van der Waals surface area contributed by atoms with Crippen molar-refractivity contribution < 1.29 is 14.1 Å². The second kappa shape index (κ2) is 8.29. The standard InChI is InChI=1S/C18H21FN2O/c1-21(13-16-8-5-9-17(19)12-16)14-18(22)20-11-10-15-6-3-2-4-7-15/h2-9,12H,10-11,13-14H2,1H3,(H,20,22)/p+1. The molecule has 1 amide bonds. The summed E-state index contributed by atoms with van der Waals surface area (Å²) in [6, 6.07) is 16.6. The lowest BCUT2D eigenvalue weighted by Crippen LogP contribution is -3.08. The van der Waals surface area contributed by atoms with E-state index >= 15 is 0 Å². The molecule has 0 aliphatic carbocycles. The van der Waals surface area contributed by atoms with Crippen LogP contribution in [0.1, 0.15) is 11.1 Å². The van der Waals surface area contributed by atoms with E-state index in [1.54, 1.807) is 6.07 Å². The minimum absolute atomic E-state index is 0.0184. The van der Waals surface area contributed by atoms with E-state index in [4.69, 9.17) is 0 Å². The van der Waals surface area contributed by atoms with Gasteiger partial charge in [0, 0.05) is 12.1 Å². The number of hydrogen-bond acceptors (Lipinski definition) is 1. The van der Waals surface area contributed by atoms with Crippen LogP contribution in [0.15, 0.2) is 54.6 Å². The number of halogens is 1. The zero-order valence-electron chi connectivity index (χ0n) is 12.8. The van der Waals surface area contributed by atoms with Gasteiger partial charge in [0.1, 0.15) is 12.4 Å². The van der Waals surface area contributed by atoms with Gasteiger partial charge in [-0.2, -0.15) is 0 Å². The summed E-state index contributed by atoms with van der Waals surface area (Å²) in [7, 11) is 1.93. The summed E-state index contributed by atoms with van der Waals surface area (Å²) >= 11 is 0. The van der Waals surface area contributed by atoms with Crippen LogP contribution in [0.5, 0.6) is 0 Å². The van der Waals surface area contributed by atoms with E-state index in [2.05, 4.69) is 5.32 Å². The highest BCUT2D eigenvalue weighted by Gasteiger charge is 2.10. The Hall–Kier alpha value is -2.20. The molecule has 22 heavy (non-hydrogen) atoms. The van der Waals surface area contributed by atoms with Crippen LogP contribution in [0, 0.1) is 5.82 Å². The van der Waals surface area contributed by atoms with Crippen molar-refractivity contribution in [3.8, 4) is 0 Å². The van der Waals surface area contributed by atoms with E-state index in [-0.39, 0.29) is 11.7 Å². The molecule has 0 fully saturated rings. The van der Waals surface area contributed by atoms with Crippen molar-refractivity contribution in [1.29, 1.82) is 0 Å². The molecule has 0 radical (unpaired) electrons. The third kappa shape index (κ3) is 5.66. The molecule has 4 heteroatoms. The second-order valence-corrected chi connectivity index (χ2v) is 5.53. The molecule has 2 N–H and O–H groups in total. The van der Waals surface area contributed by atoms with E-state index in [1.807, 2.05) is 43.4 Å². The van der Waals surface area contributed by atoms with Crippen LogP contribution in [-0.2, 0) is 17.8 Å². The number of amides is 1. The van der Waals surface area contributed by atoms with Gasteiger partial charge < -0.3 is 10.2 Å². The third-order valence-electron chi connectivity index (χ3n) is 3.44. The maximum Gasteiger partial charge on any atom is 0.275 e. The molecule has 3 nitrogen and oxygen atoms in total. The molecule has 2 rings (SSSR count). The first-order chi connectivity index (χ1) is 10.6. The minimum atomic E-state index is -0.238. The largest absolute Gasteiger partial charge is 0.351 e. The Labute approximate surface area is 130 Å². The molecule has 0 aromatic heterocycles. The Bertz CT molecular complexity index is 601. The molecular weight excluding hydrogens is 279 g/mol. The van der Waals surface area contributed by atoms with E-state index in [1.165, 1.54) is 17.7 Å². The smallest absolute Gasteiger partial charge is 0.275 e. The number of benzene rings is 2. The molecule has 116 valence electrons. The molecule has 0 saturated heterocycles. The highest BCUT2D eigenvalue weighted by atomic mass is 19.1. The minimum Gasteiger partial charge on any atom is -0.351 e. The third-order valence-corrected chi connectivity index (χ3v) is 3.44. The van der Waals surface area contributed by atoms with E-state index < -0.39 is 0 Å². The fraction of sp³-hybridized carbons (Fsp3) is 0.278. The first-order valence-corrected chi connectivity index (χ1v) is 7.50. The summed E-state index contributed by atoms with van der Waals surface area (Å²) < 4.78 is 13.1. The summed E-state index contributed by atoms with van der Waals surface area (Å²) in [6.07, 6.45) is 0.829. The van der Waals surface area contributed by atoms with Gasteiger partial charge >= 0.3 is 0 Å². The van der Waals surface area contributed by atoms with Crippen molar-refractivity contribution in [2.45, 2.75) is 13.0 Å². The summed E-state index contributed by atoms with van der Waals surface area (Å²) in [5.41, 5.74) is 2.11. The Morgan fingerprint density at radius 3 is 2.55 bits per heavy atom. The topological polar surface area (TPSA) is 33.5 Å². The maximum atomic E-state index is 13.1. The van der Waals surface area contributed by atoms with Gasteiger partial charge in [-0.25, -0.2) is 4.39 Å². The lowest BCUT2D eigenvalue weighted by atomic mass is 10.1. The van der Waals surface area contributed by atoms with Crippen LogP contribution < -0.4 is 10.2 Å². The first kappa shape index (κ1) is 16.2. The molecule has 0 spiro atoms. The Morgan fingerprint density at radius 1 is 1.09 bits per heavy atom. The van der Waals surface area contributed by atoms with Crippen LogP contribution in [0.3, 0.4) is 0 Å². The van der Waals surface area contributed by atoms with Crippen LogP contribution in [-0.4, -0.2) is 26.0 Å². The van der Waals surface area contributed by atoms with Gasteiger partial charge in [-0.05, 0) is 24.1 Å². The fourth-order valence-electron chi connectivity index (χ4n) is 2.39. The molecular formula is C18H22FN2O+. The van der Waals surface area contributed by atoms with Gasteiger partial charge in [-0.15, -0.1) is 0 Å². The van der Waals surface area contributed by atoms with Gasteiger partial charge in [0.2, 0.25) is 0 Å². The van der Waals surface area contributed by atoms with E-state index in [0.29, 0.717) is 19.6 Å². The number of carbonyl (C=O) groups is 1. The SMILES string of the molecule is C[NH+](CC(=O)NCCc1ccccc1)Cc1cccc(F)c1. The zero-order chi connectivity index (χ0) is 15.8. The van der Waals surface area contributed by atoms with Crippen LogP contribution in [0.4, 0.5) is 4.39 Å². The van der Waals surface area contributed by atoms with Crippen LogP contribution >= 0.6 is 0 Å². The molecule has 0 aliphatic rings. The summed E-state index contributed by atoms with van der Waals surface area (Å²) in [5.74, 6) is -0.220. The van der Waals surface area contributed by atoms with E-state index in [0.717, 1.165) is 16.9 Å². The lowest BCUT2D eigenvalue weighted by Gasteiger charge is -2.14. The second-order valence-electron chi connectivity index (χ2n) is 5.53. The molecule has 0 saturated carbocycles. The number of carbonyl (C=O) groups excluding carboxylic acids is 1. The average Bonchev–Trinajstić information content (AvgIpc) is 2.48. The molecule has 0 bridgehead atoms. The number of likely N-dealkylation sites (N-methyl/N-ethyl adjacent to an activating group) is 1. The molecule has 2 aromatic carbocycles. The fourth-order valence-corrected chi connectivity index (χ4v) is 2.39. The van der Waals surface area contributed by atoms with Crippen molar-refractivity contribution in [3.63, 3.8) is 0 Å². The maximum absolute atomic E-state index is 13.1. The predicted molar refractivity (Wildman–Crippen MR) is 85.0 cm³/mol. The molecule has 0 aliphatic heterocycles. The number of hydrogen-bond donors (Lipinski definition) is 2. The van der Waals surface area contributed by atoms with Crippen molar-refractivity contribution in [2.75, 3.05) is 20.1 Å². The monoisotopic (exact) mass is 301 g/mol. The molecule has 1 atom stereocenters. The summed E-state index contributed by atoms with van der Waals surface area (Å²) in [6.45, 7) is 1.64. The summed E-state index contributed by atoms with van der Waals surface area (Å²) in [4.78, 5) is 12.9. The highest BCUT2D eigenvalue weighted by Crippen LogP contribution is 2.01. The van der Waals surface area contributed by atoms with Crippen molar-refractivity contribution in [1.82, 2.24) is 5.32 Å². The number of nitrogens with one attached hydrogen (secondary N) is 2. The quantitative estimate of drug-likeness (QED) is 0.792. The zero-order valence-corrected chi connectivity index (χ0v) is 12.8. The first-order valence-electron chi connectivity index (χ1n) is 7.50. The predicted octanol–water partition coefficient (Wildman–Crippen LogP) is 1.20. The molecule has 2 aromatic rings. The highest BCUT2D eigenvalue weighted by molar-refractivity contribution is 5.76. The Kier molecular flexibility index (Phi) is 6.10. The lowest BCUT2D eigenvalue weighted by molar-refractivity contribution is -0.885. The molecule has 0 heterocycles. The van der Waals surface area contributed by atoms with E-state index in [9.17, 15) is 9.18 Å². The van der Waals surface area contributed by atoms with Gasteiger partial charge in [0.25, 0.3) is 5.91 Å². The van der Waals surface area contributed by atoms with Crippen molar-refractivity contribution in [2.24, 2.45) is 0 Å². The Balaban J connectivity index is 1.70. The van der Waals surface area contributed by atoms with Crippen molar-refractivity contribution in [3.05, 3.63) is 71.5 Å². The number of rotatable bonds is 7. The molecule has 1 unspecified atom stereocenters. The van der Waals surface area contributed by atoms with Gasteiger partial charge in [-0.3, -0.25) is 4.79 Å². The summed E-state index contributed by atoms with van der Waals surface area (Å²) in [5, 5.41) is 2.93. The van der Waals surface area contributed by atoms with Gasteiger partial charge in [0.15, 0.2) is 6.54 Å².